The molecule has 0 bridgehead atoms. The van der Waals surface area contributed by atoms with Crippen LogP contribution in [0.25, 0.3) is 0 Å². The second-order valence-electron chi connectivity index (χ2n) is 6.75. The van der Waals surface area contributed by atoms with Crippen LogP contribution in [0.2, 0.25) is 0 Å². The summed E-state index contributed by atoms with van der Waals surface area (Å²) in [6.07, 6.45) is 4.06. The van der Waals surface area contributed by atoms with Gasteiger partial charge in [-0.3, -0.25) is 0 Å². The molecule has 106 valence electrons. The largest absolute Gasteiger partial charge is 0.491 e. The van der Waals surface area contributed by atoms with Crippen molar-refractivity contribution < 1.29 is 4.74 Å². The van der Waals surface area contributed by atoms with Gasteiger partial charge in [0.2, 0.25) is 0 Å². The second kappa shape index (κ2) is 5.54. The highest BCUT2D eigenvalue weighted by molar-refractivity contribution is 5.30. The third kappa shape index (κ3) is 3.30. The molecule has 0 spiro atoms. The Morgan fingerprint density at radius 1 is 1.21 bits per heavy atom. The van der Waals surface area contributed by atoms with Gasteiger partial charge in [-0.25, -0.2) is 0 Å². The van der Waals surface area contributed by atoms with Gasteiger partial charge in [0.25, 0.3) is 0 Å². The Balaban J connectivity index is 2.09. The fraction of sp³-hybridized carbons (Fsp3) is 0.647. The summed E-state index contributed by atoms with van der Waals surface area (Å²) >= 11 is 0. The van der Waals surface area contributed by atoms with E-state index in [0.717, 1.165) is 5.75 Å². The topological polar surface area (TPSA) is 35.2 Å². The van der Waals surface area contributed by atoms with E-state index in [2.05, 4.69) is 26.0 Å². The predicted octanol–water partition coefficient (Wildman–Crippen LogP) is 4.30. The molecule has 2 rings (SSSR count). The van der Waals surface area contributed by atoms with Crippen LogP contribution >= 0.6 is 0 Å². The van der Waals surface area contributed by atoms with Crippen LogP contribution in [0, 0.1) is 11.3 Å². The highest BCUT2D eigenvalue weighted by Crippen LogP contribution is 2.47. The van der Waals surface area contributed by atoms with E-state index in [1.54, 1.807) is 0 Å². The lowest BCUT2D eigenvalue weighted by Gasteiger charge is -2.32. The molecule has 1 saturated carbocycles. The van der Waals surface area contributed by atoms with Crippen LogP contribution in [0.15, 0.2) is 24.3 Å². The van der Waals surface area contributed by atoms with E-state index in [4.69, 9.17) is 10.5 Å². The third-order valence-electron chi connectivity index (χ3n) is 4.41. The molecule has 1 fully saturated rings. The van der Waals surface area contributed by atoms with Gasteiger partial charge in [-0.1, -0.05) is 32.4 Å². The maximum atomic E-state index is 6.49. The number of benzene rings is 1. The van der Waals surface area contributed by atoms with E-state index in [0.29, 0.717) is 11.3 Å². The number of hydrogen-bond donors (Lipinski definition) is 1. The molecular weight excluding hydrogens is 234 g/mol. The number of hydrogen-bond acceptors (Lipinski definition) is 2. The molecule has 0 saturated heterocycles. The van der Waals surface area contributed by atoms with Crippen molar-refractivity contribution >= 4 is 0 Å². The molecule has 1 aromatic rings. The Labute approximate surface area is 117 Å². The normalized spacial score (nSPS) is 23.6. The summed E-state index contributed by atoms with van der Waals surface area (Å²) in [7, 11) is 0. The highest BCUT2D eigenvalue weighted by atomic mass is 16.5. The molecule has 2 atom stereocenters. The zero-order valence-corrected chi connectivity index (χ0v) is 12.6. The first-order valence-electron chi connectivity index (χ1n) is 7.42. The first-order chi connectivity index (χ1) is 8.90. The molecule has 0 radical (unpaired) electrons. The summed E-state index contributed by atoms with van der Waals surface area (Å²) in [5.41, 5.74) is 8.09. The Kier molecular flexibility index (Phi) is 4.19. The lowest BCUT2D eigenvalue weighted by atomic mass is 9.76. The number of ether oxygens (including phenoxy) is 1. The molecule has 2 N–H and O–H groups in total. The van der Waals surface area contributed by atoms with Crippen molar-refractivity contribution in [3.05, 3.63) is 29.8 Å². The van der Waals surface area contributed by atoms with Crippen molar-refractivity contribution in [2.24, 2.45) is 17.1 Å². The Bertz CT molecular complexity index is 408. The van der Waals surface area contributed by atoms with Gasteiger partial charge in [-0.15, -0.1) is 0 Å². The van der Waals surface area contributed by atoms with Crippen LogP contribution in [0.3, 0.4) is 0 Å². The van der Waals surface area contributed by atoms with Gasteiger partial charge < -0.3 is 10.5 Å². The van der Waals surface area contributed by atoms with Crippen LogP contribution in [0.1, 0.15) is 58.6 Å². The van der Waals surface area contributed by atoms with Crippen molar-refractivity contribution in [3.63, 3.8) is 0 Å². The fourth-order valence-corrected chi connectivity index (χ4v) is 3.29. The summed E-state index contributed by atoms with van der Waals surface area (Å²) in [6.45, 7) is 8.78. The van der Waals surface area contributed by atoms with E-state index in [9.17, 15) is 0 Å². The zero-order chi connectivity index (χ0) is 14.0. The van der Waals surface area contributed by atoms with Gasteiger partial charge in [0, 0.05) is 6.04 Å². The molecule has 1 aliphatic carbocycles. The molecule has 1 aliphatic rings. The molecule has 1 aromatic carbocycles. The molecule has 19 heavy (non-hydrogen) atoms. The fourth-order valence-electron chi connectivity index (χ4n) is 3.29. The van der Waals surface area contributed by atoms with Crippen LogP contribution in [0.5, 0.6) is 5.75 Å². The molecule has 0 aromatic heterocycles. The third-order valence-corrected chi connectivity index (χ3v) is 4.41. The lowest BCUT2D eigenvalue weighted by molar-refractivity contribution is 0.221. The van der Waals surface area contributed by atoms with Crippen molar-refractivity contribution in [1.82, 2.24) is 0 Å². The minimum Gasteiger partial charge on any atom is -0.491 e. The van der Waals surface area contributed by atoms with Gasteiger partial charge in [0.05, 0.1) is 6.10 Å². The maximum absolute atomic E-state index is 6.49. The average molecular weight is 261 g/mol. The Morgan fingerprint density at radius 3 is 2.32 bits per heavy atom. The number of nitrogens with two attached hydrogens (primary N) is 1. The summed E-state index contributed by atoms with van der Waals surface area (Å²) < 4.78 is 5.67. The minimum atomic E-state index is 0.144. The van der Waals surface area contributed by atoms with Gasteiger partial charge in [-0.2, -0.15) is 0 Å². The van der Waals surface area contributed by atoms with E-state index < -0.39 is 0 Å². The summed E-state index contributed by atoms with van der Waals surface area (Å²) in [5, 5.41) is 0. The zero-order valence-electron chi connectivity index (χ0n) is 12.6. The van der Waals surface area contributed by atoms with Crippen LogP contribution in [0.4, 0.5) is 0 Å². The van der Waals surface area contributed by atoms with E-state index in [-0.39, 0.29) is 12.1 Å². The molecule has 0 aliphatic heterocycles. The molecular formula is C17H27NO. The highest BCUT2D eigenvalue weighted by Gasteiger charge is 2.38. The first-order valence-corrected chi connectivity index (χ1v) is 7.42. The molecule has 2 heteroatoms. The van der Waals surface area contributed by atoms with Gasteiger partial charge in [0.1, 0.15) is 5.75 Å². The van der Waals surface area contributed by atoms with E-state index >= 15 is 0 Å². The molecule has 0 amide bonds. The predicted molar refractivity (Wildman–Crippen MR) is 80.3 cm³/mol. The smallest absolute Gasteiger partial charge is 0.119 e. The van der Waals surface area contributed by atoms with Gasteiger partial charge >= 0.3 is 0 Å². The van der Waals surface area contributed by atoms with E-state index in [1.165, 1.54) is 24.8 Å². The SMILES string of the molecule is CC(C)Oc1ccc(C(N)C2CCCC2(C)C)cc1. The van der Waals surface area contributed by atoms with Crippen molar-refractivity contribution in [3.8, 4) is 5.75 Å². The monoisotopic (exact) mass is 261 g/mol. The first kappa shape index (κ1) is 14.4. The van der Waals surface area contributed by atoms with Gasteiger partial charge in [-0.05, 0) is 55.7 Å². The molecule has 2 nitrogen and oxygen atoms in total. The Hall–Kier alpha value is -1.02. The maximum Gasteiger partial charge on any atom is 0.119 e. The van der Waals surface area contributed by atoms with Crippen molar-refractivity contribution in [2.45, 2.75) is 59.1 Å². The van der Waals surface area contributed by atoms with Crippen LogP contribution < -0.4 is 10.5 Å². The summed E-state index contributed by atoms with van der Waals surface area (Å²) in [5.74, 6) is 1.51. The standard InChI is InChI=1S/C17H27NO/c1-12(2)19-14-9-7-13(8-10-14)16(18)15-6-5-11-17(15,3)4/h7-10,12,15-16H,5-6,11,18H2,1-4H3. The molecule has 0 heterocycles. The average Bonchev–Trinajstić information content (AvgIpc) is 2.68. The number of rotatable bonds is 4. The lowest BCUT2D eigenvalue weighted by Crippen LogP contribution is -2.29. The quantitative estimate of drug-likeness (QED) is 0.877. The van der Waals surface area contributed by atoms with Crippen molar-refractivity contribution in [1.29, 1.82) is 0 Å². The summed E-state index contributed by atoms with van der Waals surface area (Å²) in [6, 6.07) is 8.47. The van der Waals surface area contributed by atoms with Gasteiger partial charge in [0.15, 0.2) is 0 Å². The molecule has 2 unspecified atom stereocenters. The van der Waals surface area contributed by atoms with Crippen LogP contribution in [-0.4, -0.2) is 6.10 Å². The second-order valence-corrected chi connectivity index (χ2v) is 6.75. The van der Waals surface area contributed by atoms with E-state index in [1.807, 2.05) is 26.0 Å². The van der Waals surface area contributed by atoms with Crippen LogP contribution in [-0.2, 0) is 0 Å². The minimum absolute atomic E-state index is 0.144. The Morgan fingerprint density at radius 2 is 1.84 bits per heavy atom. The summed E-state index contributed by atoms with van der Waals surface area (Å²) in [4.78, 5) is 0. The van der Waals surface area contributed by atoms with Crippen molar-refractivity contribution in [2.75, 3.05) is 0 Å².